The topological polar surface area (TPSA) is 90.7 Å². The molecule has 0 radical (unpaired) electrons. The second-order valence-electron chi connectivity index (χ2n) is 9.60. The minimum Gasteiger partial charge on any atom is -0.377 e. The number of hydrogen-bond acceptors (Lipinski definition) is 9. The molecule has 3 fully saturated rings. The Bertz CT molecular complexity index is 1160. The van der Waals surface area contributed by atoms with Crippen LogP contribution in [-0.2, 0) is 14.2 Å². The van der Waals surface area contributed by atoms with E-state index < -0.39 is 0 Å². The highest BCUT2D eigenvalue weighted by atomic mass is 16.5. The van der Waals surface area contributed by atoms with Crippen LogP contribution in [0.25, 0.3) is 22.7 Å². The van der Waals surface area contributed by atoms with Gasteiger partial charge in [-0.25, -0.2) is 4.98 Å². The number of imidazole rings is 1. The van der Waals surface area contributed by atoms with E-state index in [9.17, 15) is 0 Å². The van der Waals surface area contributed by atoms with Crippen molar-refractivity contribution in [1.29, 1.82) is 0 Å². The quantitative estimate of drug-likeness (QED) is 0.560. The maximum atomic E-state index is 6.27. The Balaban J connectivity index is 1.59. The van der Waals surface area contributed by atoms with Crippen LogP contribution in [0.2, 0.25) is 0 Å². The van der Waals surface area contributed by atoms with Crippen LogP contribution >= 0.6 is 0 Å². The van der Waals surface area contributed by atoms with Crippen LogP contribution in [0.1, 0.15) is 39.3 Å². The van der Waals surface area contributed by atoms with Gasteiger partial charge in [-0.15, -0.1) is 0 Å². The summed E-state index contributed by atoms with van der Waals surface area (Å²) >= 11 is 0. The van der Waals surface area contributed by atoms with Crippen molar-refractivity contribution in [1.82, 2.24) is 24.5 Å². The molecule has 10 heteroatoms. The van der Waals surface area contributed by atoms with Gasteiger partial charge in [0.25, 0.3) is 0 Å². The molecule has 0 bridgehead atoms. The van der Waals surface area contributed by atoms with Gasteiger partial charge in [0.05, 0.1) is 38.5 Å². The molecule has 3 aromatic rings. The van der Waals surface area contributed by atoms with Gasteiger partial charge in [0.15, 0.2) is 22.8 Å². The molecule has 0 aromatic carbocycles. The van der Waals surface area contributed by atoms with Crippen LogP contribution in [0.5, 0.6) is 0 Å². The van der Waals surface area contributed by atoms with Gasteiger partial charge in [-0.05, 0) is 45.2 Å². The van der Waals surface area contributed by atoms with Crippen molar-refractivity contribution in [2.75, 3.05) is 55.9 Å². The Hall–Kier alpha value is -2.82. The molecule has 1 unspecified atom stereocenters. The SMILES string of the molecule is C[C@@H]1COCCN1c1nc(N2CCOC[C@H]2C)c2nc(-c3ccccn3)n(C3CCCCO3)c2n1. The lowest BCUT2D eigenvalue weighted by Crippen LogP contribution is -2.46. The lowest BCUT2D eigenvalue weighted by Gasteiger charge is -2.36. The van der Waals surface area contributed by atoms with Crippen molar-refractivity contribution in [3.8, 4) is 11.5 Å². The van der Waals surface area contributed by atoms with E-state index in [1.807, 2.05) is 18.2 Å². The van der Waals surface area contributed by atoms with E-state index in [4.69, 9.17) is 29.2 Å². The number of aromatic nitrogens is 5. The minimum atomic E-state index is -0.134. The first kappa shape index (κ1) is 22.6. The highest BCUT2D eigenvalue weighted by Crippen LogP contribution is 2.37. The summed E-state index contributed by atoms with van der Waals surface area (Å²) in [5, 5.41) is 0. The van der Waals surface area contributed by atoms with E-state index in [0.29, 0.717) is 32.4 Å². The summed E-state index contributed by atoms with van der Waals surface area (Å²) in [6.45, 7) is 9.23. The van der Waals surface area contributed by atoms with Gasteiger partial charge < -0.3 is 24.0 Å². The fourth-order valence-corrected chi connectivity index (χ4v) is 5.22. The maximum absolute atomic E-state index is 6.27. The highest BCUT2D eigenvalue weighted by molar-refractivity contribution is 5.88. The van der Waals surface area contributed by atoms with Crippen molar-refractivity contribution in [3.63, 3.8) is 0 Å². The van der Waals surface area contributed by atoms with Gasteiger partial charge in [0, 0.05) is 25.9 Å². The normalized spacial score (nSPS) is 25.8. The fourth-order valence-electron chi connectivity index (χ4n) is 5.22. The van der Waals surface area contributed by atoms with Gasteiger partial charge in [-0.2, -0.15) is 9.97 Å². The molecule has 0 amide bonds. The standard InChI is InChI=1S/C25H33N7O3/c1-17-15-33-13-10-30(17)23-21-24(29-25(28-23)31-11-14-34-16-18(31)2)32(20-8-4-6-12-35-20)22(27-21)19-7-3-5-9-26-19/h3,5,7,9,17-18,20H,4,6,8,10-16H2,1-2H3/t17-,18-,20?/m1/s1. The molecule has 0 spiro atoms. The number of morpholine rings is 2. The molecule has 3 aliphatic rings. The minimum absolute atomic E-state index is 0.134. The molecule has 10 nitrogen and oxygen atoms in total. The molecule has 6 heterocycles. The summed E-state index contributed by atoms with van der Waals surface area (Å²) in [5.41, 5.74) is 2.40. The summed E-state index contributed by atoms with van der Waals surface area (Å²) in [7, 11) is 0. The zero-order chi connectivity index (χ0) is 23.8. The number of ether oxygens (including phenoxy) is 3. The zero-order valence-electron chi connectivity index (χ0n) is 20.5. The molecule has 0 N–H and O–H groups in total. The van der Waals surface area contributed by atoms with Crippen LogP contribution in [0.3, 0.4) is 0 Å². The van der Waals surface area contributed by atoms with Gasteiger partial charge in [-0.1, -0.05) is 6.07 Å². The summed E-state index contributed by atoms with van der Waals surface area (Å²) < 4.78 is 19.9. The van der Waals surface area contributed by atoms with Crippen LogP contribution in [-0.4, -0.2) is 82.7 Å². The van der Waals surface area contributed by atoms with Crippen molar-refractivity contribution < 1.29 is 14.2 Å². The summed E-state index contributed by atoms with van der Waals surface area (Å²) in [5.74, 6) is 2.34. The van der Waals surface area contributed by atoms with Crippen molar-refractivity contribution in [2.24, 2.45) is 0 Å². The predicted molar refractivity (Wildman–Crippen MR) is 133 cm³/mol. The summed E-state index contributed by atoms with van der Waals surface area (Å²) in [6, 6.07) is 6.29. The number of fused-ring (bicyclic) bond motifs is 1. The highest BCUT2D eigenvalue weighted by Gasteiger charge is 2.32. The fraction of sp³-hybridized carbons (Fsp3) is 0.600. The molecular formula is C25H33N7O3. The lowest BCUT2D eigenvalue weighted by atomic mass is 10.2. The van der Waals surface area contributed by atoms with Crippen LogP contribution in [0, 0.1) is 0 Å². The summed E-state index contributed by atoms with van der Waals surface area (Å²) in [6.07, 6.45) is 4.77. The Morgan fingerprint density at radius 3 is 2.37 bits per heavy atom. The predicted octanol–water partition coefficient (Wildman–Crippen LogP) is 3.04. The number of rotatable bonds is 4. The monoisotopic (exact) mass is 479 g/mol. The largest absolute Gasteiger partial charge is 0.377 e. The molecule has 3 saturated heterocycles. The third-order valence-electron chi connectivity index (χ3n) is 7.11. The molecule has 35 heavy (non-hydrogen) atoms. The molecule has 3 atom stereocenters. The maximum Gasteiger partial charge on any atom is 0.229 e. The second kappa shape index (κ2) is 9.67. The van der Waals surface area contributed by atoms with Crippen LogP contribution in [0.15, 0.2) is 24.4 Å². The van der Waals surface area contributed by atoms with E-state index in [2.05, 4.69) is 33.2 Å². The molecule has 3 aromatic heterocycles. The lowest BCUT2D eigenvalue weighted by molar-refractivity contribution is -0.0288. The first-order valence-corrected chi connectivity index (χ1v) is 12.7. The van der Waals surface area contributed by atoms with Gasteiger partial charge >= 0.3 is 0 Å². The van der Waals surface area contributed by atoms with E-state index in [0.717, 1.165) is 67.5 Å². The van der Waals surface area contributed by atoms with Crippen LogP contribution < -0.4 is 9.80 Å². The summed E-state index contributed by atoms with van der Waals surface area (Å²) in [4.78, 5) is 24.6. The van der Waals surface area contributed by atoms with Gasteiger partial charge in [0.1, 0.15) is 11.9 Å². The van der Waals surface area contributed by atoms with E-state index in [1.54, 1.807) is 6.20 Å². The van der Waals surface area contributed by atoms with E-state index >= 15 is 0 Å². The Morgan fingerprint density at radius 2 is 1.69 bits per heavy atom. The number of hydrogen-bond donors (Lipinski definition) is 0. The molecule has 6 rings (SSSR count). The second-order valence-corrected chi connectivity index (χ2v) is 9.60. The Kier molecular flexibility index (Phi) is 6.26. The number of anilines is 2. The molecule has 0 aliphatic carbocycles. The Morgan fingerprint density at radius 1 is 0.886 bits per heavy atom. The third kappa shape index (κ3) is 4.23. The molecule has 0 saturated carbocycles. The van der Waals surface area contributed by atoms with Crippen molar-refractivity contribution in [3.05, 3.63) is 24.4 Å². The zero-order valence-corrected chi connectivity index (χ0v) is 20.5. The first-order valence-electron chi connectivity index (χ1n) is 12.7. The smallest absolute Gasteiger partial charge is 0.229 e. The Labute approximate surface area is 205 Å². The third-order valence-corrected chi connectivity index (χ3v) is 7.11. The van der Waals surface area contributed by atoms with Gasteiger partial charge in [-0.3, -0.25) is 9.55 Å². The number of nitrogens with zero attached hydrogens (tertiary/aromatic N) is 7. The average Bonchev–Trinajstić information content (AvgIpc) is 3.29. The van der Waals surface area contributed by atoms with E-state index in [-0.39, 0.29) is 18.3 Å². The number of pyridine rings is 1. The molecule has 186 valence electrons. The van der Waals surface area contributed by atoms with Crippen molar-refractivity contribution >= 4 is 22.9 Å². The first-order chi connectivity index (χ1) is 17.2. The van der Waals surface area contributed by atoms with Gasteiger partial charge in [0.2, 0.25) is 5.95 Å². The van der Waals surface area contributed by atoms with Crippen molar-refractivity contribution in [2.45, 2.75) is 51.4 Å². The molecule has 3 aliphatic heterocycles. The molecular weight excluding hydrogens is 446 g/mol. The van der Waals surface area contributed by atoms with E-state index in [1.165, 1.54) is 0 Å². The average molecular weight is 480 g/mol. The van der Waals surface area contributed by atoms with Crippen LogP contribution in [0.4, 0.5) is 11.8 Å².